The lowest BCUT2D eigenvalue weighted by molar-refractivity contribution is 0.582. The molecule has 2 aromatic rings. The van der Waals surface area contributed by atoms with Gasteiger partial charge in [0.2, 0.25) is 0 Å². The van der Waals surface area contributed by atoms with E-state index < -0.39 is 20.0 Å². The van der Waals surface area contributed by atoms with Gasteiger partial charge in [-0.2, -0.15) is 9.66 Å². The molecule has 0 amide bonds. The Morgan fingerprint density at radius 2 is 1.05 bits per heavy atom. The van der Waals surface area contributed by atoms with Crippen LogP contribution in [-0.2, 0) is 20.0 Å². The zero-order valence-electron chi connectivity index (χ0n) is 10.1. The fourth-order valence-electron chi connectivity index (χ4n) is 1.67. The molecule has 8 nitrogen and oxygen atoms in total. The highest BCUT2D eigenvalue weighted by atomic mass is 32.2. The second-order valence-electron chi connectivity index (χ2n) is 3.91. The average Bonchev–Trinajstić information content (AvgIpc) is 2.46. The van der Waals surface area contributed by atoms with E-state index in [1.807, 2.05) is 0 Å². The molecular weight excluding hydrogens is 304 g/mol. The molecule has 0 aliphatic rings. The van der Waals surface area contributed by atoms with E-state index in [0.29, 0.717) is 10.8 Å². The van der Waals surface area contributed by atoms with Gasteiger partial charge in [0, 0.05) is 0 Å². The Morgan fingerprint density at radius 3 is 1.35 bits per heavy atom. The second kappa shape index (κ2) is 5.09. The van der Waals surface area contributed by atoms with E-state index in [-0.39, 0.29) is 9.79 Å². The Balaban J connectivity index is 2.62. The largest absolute Gasteiger partial charge is 0.257 e. The van der Waals surface area contributed by atoms with E-state index in [0.717, 1.165) is 0 Å². The van der Waals surface area contributed by atoms with Gasteiger partial charge in [-0.3, -0.25) is 11.7 Å². The van der Waals surface area contributed by atoms with Gasteiger partial charge < -0.3 is 0 Å². The first-order chi connectivity index (χ1) is 9.30. The molecule has 2 rings (SSSR count). The van der Waals surface area contributed by atoms with Gasteiger partial charge >= 0.3 is 0 Å². The Bertz CT molecular complexity index is 789. The minimum absolute atomic E-state index is 0.0138. The SMILES string of the molecule is NNS(=O)(=O)c1ccc2cc(S(=O)(=O)NN)ccc2c1. The average molecular weight is 316 g/mol. The van der Waals surface area contributed by atoms with E-state index in [2.05, 4.69) is 0 Å². The maximum absolute atomic E-state index is 11.6. The van der Waals surface area contributed by atoms with Crippen molar-refractivity contribution in [2.45, 2.75) is 9.79 Å². The summed E-state index contributed by atoms with van der Waals surface area (Å²) in [5, 5.41) is 1.11. The molecule has 0 saturated carbocycles. The van der Waals surface area contributed by atoms with Gasteiger partial charge in [0.05, 0.1) is 9.79 Å². The fraction of sp³-hybridized carbons (Fsp3) is 0. The quantitative estimate of drug-likeness (QED) is 0.427. The number of sulfonamides is 2. The van der Waals surface area contributed by atoms with Crippen LogP contribution >= 0.6 is 0 Å². The number of hydrogen-bond acceptors (Lipinski definition) is 6. The first kappa shape index (κ1) is 14.8. The number of nitrogens with two attached hydrogens (primary N) is 2. The molecule has 20 heavy (non-hydrogen) atoms. The zero-order valence-corrected chi connectivity index (χ0v) is 11.7. The van der Waals surface area contributed by atoms with Crippen LogP contribution in [0.3, 0.4) is 0 Å². The van der Waals surface area contributed by atoms with Crippen LogP contribution < -0.4 is 21.3 Å². The molecule has 0 bridgehead atoms. The van der Waals surface area contributed by atoms with Crippen LogP contribution in [0, 0.1) is 0 Å². The van der Waals surface area contributed by atoms with Crippen molar-refractivity contribution in [2.75, 3.05) is 0 Å². The smallest absolute Gasteiger partial charge is 0.253 e. The molecule has 0 aliphatic carbocycles. The monoisotopic (exact) mass is 316 g/mol. The molecule has 0 heterocycles. The van der Waals surface area contributed by atoms with Gasteiger partial charge in [0.1, 0.15) is 0 Å². The first-order valence-corrected chi connectivity index (χ1v) is 8.25. The molecule has 108 valence electrons. The summed E-state index contributed by atoms with van der Waals surface area (Å²) in [6.45, 7) is 0. The highest BCUT2D eigenvalue weighted by molar-refractivity contribution is 7.89. The molecule has 0 unspecified atom stereocenters. The van der Waals surface area contributed by atoms with Gasteiger partial charge in [-0.05, 0) is 35.0 Å². The lowest BCUT2D eigenvalue weighted by atomic mass is 10.1. The minimum Gasteiger partial charge on any atom is -0.257 e. The van der Waals surface area contributed by atoms with Crippen molar-refractivity contribution in [1.29, 1.82) is 0 Å². The third-order valence-electron chi connectivity index (χ3n) is 2.71. The van der Waals surface area contributed by atoms with Crippen molar-refractivity contribution in [3.8, 4) is 0 Å². The van der Waals surface area contributed by atoms with Crippen LogP contribution in [-0.4, -0.2) is 16.8 Å². The van der Waals surface area contributed by atoms with Crippen LogP contribution in [0.25, 0.3) is 10.8 Å². The summed E-state index contributed by atoms with van der Waals surface area (Å²) in [4.78, 5) is 3.41. The van der Waals surface area contributed by atoms with Crippen molar-refractivity contribution < 1.29 is 16.8 Å². The Morgan fingerprint density at radius 1 is 0.700 bits per heavy atom. The normalized spacial score (nSPS) is 12.7. The summed E-state index contributed by atoms with van der Waals surface area (Å²) in [5.41, 5.74) is 0. The number of fused-ring (bicyclic) bond motifs is 1. The number of hydrazine groups is 2. The molecule has 0 aromatic heterocycles. The highest BCUT2D eigenvalue weighted by Crippen LogP contribution is 2.22. The molecule has 2 aromatic carbocycles. The summed E-state index contributed by atoms with van der Waals surface area (Å²) in [5.74, 6) is 9.88. The minimum atomic E-state index is -3.76. The lowest BCUT2D eigenvalue weighted by Crippen LogP contribution is -2.30. The molecular formula is C10H12N4O4S2. The number of hydrogen-bond donors (Lipinski definition) is 4. The van der Waals surface area contributed by atoms with Gasteiger partial charge in [-0.1, -0.05) is 12.1 Å². The fourth-order valence-corrected chi connectivity index (χ4v) is 3.00. The van der Waals surface area contributed by atoms with Gasteiger partial charge in [0.25, 0.3) is 20.0 Å². The van der Waals surface area contributed by atoms with E-state index in [9.17, 15) is 16.8 Å². The standard InChI is InChI=1S/C10H12N4O4S2/c11-13-19(15,16)9-3-1-7-5-10(20(17,18)14-12)4-2-8(7)6-9/h1-6,13-14H,11-12H2. The lowest BCUT2D eigenvalue weighted by Gasteiger charge is -2.06. The molecule has 0 fully saturated rings. The first-order valence-electron chi connectivity index (χ1n) is 5.29. The van der Waals surface area contributed by atoms with Crippen molar-refractivity contribution in [3.63, 3.8) is 0 Å². The van der Waals surface area contributed by atoms with Gasteiger partial charge in [-0.15, -0.1) is 0 Å². The topological polar surface area (TPSA) is 144 Å². The summed E-state index contributed by atoms with van der Waals surface area (Å²) >= 11 is 0. The third kappa shape index (κ3) is 2.65. The van der Waals surface area contributed by atoms with E-state index in [4.69, 9.17) is 11.7 Å². The summed E-state index contributed by atoms with van der Waals surface area (Å²) in [6.07, 6.45) is 0. The van der Waals surface area contributed by atoms with Crippen LogP contribution in [0.15, 0.2) is 46.2 Å². The molecule has 6 N–H and O–H groups in total. The molecule has 0 saturated heterocycles. The Labute approximate surface area is 115 Å². The summed E-state index contributed by atoms with van der Waals surface area (Å²) in [6, 6.07) is 8.38. The molecule has 0 aliphatic heterocycles. The zero-order chi connectivity index (χ0) is 15.0. The summed E-state index contributed by atoms with van der Waals surface area (Å²) in [7, 11) is -7.51. The molecule has 10 heteroatoms. The predicted octanol–water partition coefficient (Wildman–Crippen LogP) is -0.856. The van der Waals surface area contributed by atoms with Crippen LogP contribution in [0.1, 0.15) is 0 Å². The number of rotatable bonds is 4. The van der Waals surface area contributed by atoms with Crippen LogP contribution in [0.4, 0.5) is 0 Å². The highest BCUT2D eigenvalue weighted by Gasteiger charge is 2.15. The predicted molar refractivity (Wildman–Crippen MR) is 73.0 cm³/mol. The molecule has 0 radical (unpaired) electrons. The molecule has 0 spiro atoms. The van der Waals surface area contributed by atoms with Gasteiger partial charge in [-0.25, -0.2) is 16.8 Å². The Kier molecular flexibility index (Phi) is 3.77. The number of nitrogens with one attached hydrogen (secondary N) is 2. The van der Waals surface area contributed by atoms with Crippen LogP contribution in [0.2, 0.25) is 0 Å². The maximum Gasteiger partial charge on any atom is 0.253 e. The van der Waals surface area contributed by atoms with Gasteiger partial charge in [0.15, 0.2) is 0 Å². The number of benzene rings is 2. The molecule has 0 atom stereocenters. The van der Waals surface area contributed by atoms with E-state index in [1.165, 1.54) is 36.4 Å². The summed E-state index contributed by atoms with van der Waals surface area (Å²) < 4.78 is 46.2. The van der Waals surface area contributed by atoms with E-state index >= 15 is 0 Å². The Hall–Kier alpha value is -1.56. The van der Waals surface area contributed by atoms with Crippen molar-refractivity contribution in [3.05, 3.63) is 36.4 Å². The van der Waals surface area contributed by atoms with Crippen LogP contribution in [0.5, 0.6) is 0 Å². The van der Waals surface area contributed by atoms with E-state index in [1.54, 1.807) is 9.66 Å². The second-order valence-corrected chi connectivity index (χ2v) is 7.34. The third-order valence-corrected chi connectivity index (χ3v) is 5.08. The van der Waals surface area contributed by atoms with Crippen molar-refractivity contribution >= 4 is 30.8 Å². The van der Waals surface area contributed by atoms with Crippen molar-refractivity contribution in [2.24, 2.45) is 11.7 Å². The van der Waals surface area contributed by atoms with Crippen molar-refractivity contribution in [1.82, 2.24) is 9.66 Å². The maximum atomic E-state index is 11.6.